The highest BCUT2D eigenvalue weighted by Crippen LogP contribution is 2.26. The lowest BCUT2D eigenvalue weighted by molar-refractivity contribution is 0.697. The first kappa shape index (κ1) is 11.2. The molecule has 16 heavy (non-hydrogen) atoms. The van der Waals surface area contributed by atoms with E-state index in [1.54, 1.807) is 0 Å². The Balaban J connectivity index is 2.40. The first-order valence-electron chi connectivity index (χ1n) is 5.25. The lowest BCUT2D eigenvalue weighted by atomic mass is 10.0. The van der Waals surface area contributed by atoms with Crippen molar-refractivity contribution in [1.82, 2.24) is 14.9 Å². The largest absolute Gasteiger partial charge is 0.309 e. The fourth-order valence-corrected chi connectivity index (χ4v) is 2.58. The number of hydrogen-bond donors (Lipinski definition) is 1. The third kappa shape index (κ3) is 2.13. The average molecular weight is 233 g/mol. The summed E-state index contributed by atoms with van der Waals surface area (Å²) in [7, 11) is 1.96. The summed E-state index contributed by atoms with van der Waals surface area (Å²) in [6, 6.07) is 8.71. The summed E-state index contributed by atoms with van der Waals surface area (Å²) < 4.78 is 3.99. The lowest BCUT2D eigenvalue weighted by Crippen LogP contribution is -2.17. The van der Waals surface area contributed by atoms with E-state index in [1.165, 1.54) is 27.5 Å². The molecule has 0 radical (unpaired) electrons. The van der Waals surface area contributed by atoms with E-state index in [0.717, 1.165) is 5.69 Å². The van der Waals surface area contributed by atoms with Crippen molar-refractivity contribution >= 4 is 11.5 Å². The molecule has 0 fully saturated rings. The maximum atomic E-state index is 4.06. The molecule has 1 N–H and O–H groups in total. The Morgan fingerprint density at radius 1 is 1.31 bits per heavy atom. The summed E-state index contributed by atoms with van der Waals surface area (Å²) in [5.74, 6) is 0. The van der Waals surface area contributed by atoms with Gasteiger partial charge in [0, 0.05) is 0 Å². The highest BCUT2D eigenvalue weighted by Gasteiger charge is 2.17. The topological polar surface area (TPSA) is 37.8 Å². The van der Waals surface area contributed by atoms with Gasteiger partial charge >= 0.3 is 0 Å². The molecule has 0 saturated heterocycles. The van der Waals surface area contributed by atoms with Gasteiger partial charge in [-0.25, -0.2) is 0 Å². The summed E-state index contributed by atoms with van der Waals surface area (Å²) in [6.45, 7) is 4.10. The van der Waals surface area contributed by atoms with E-state index in [1.807, 2.05) is 14.0 Å². The highest BCUT2D eigenvalue weighted by molar-refractivity contribution is 7.05. The van der Waals surface area contributed by atoms with Crippen molar-refractivity contribution in [3.8, 4) is 0 Å². The second-order valence-electron chi connectivity index (χ2n) is 3.86. The smallest absolute Gasteiger partial charge is 0.0776 e. The first-order chi connectivity index (χ1) is 7.72. The summed E-state index contributed by atoms with van der Waals surface area (Å²) in [4.78, 5) is 1.19. The molecule has 0 aliphatic carbocycles. The van der Waals surface area contributed by atoms with Gasteiger partial charge in [-0.2, -0.15) is 0 Å². The van der Waals surface area contributed by atoms with Gasteiger partial charge in [0.05, 0.1) is 16.6 Å². The van der Waals surface area contributed by atoms with Crippen molar-refractivity contribution in [3.05, 3.63) is 46.0 Å². The van der Waals surface area contributed by atoms with Crippen molar-refractivity contribution in [1.29, 1.82) is 0 Å². The molecule has 2 rings (SSSR count). The first-order valence-corrected chi connectivity index (χ1v) is 6.02. The van der Waals surface area contributed by atoms with Gasteiger partial charge in [-0.1, -0.05) is 34.3 Å². The third-order valence-corrected chi connectivity index (χ3v) is 3.50. The highest BCUT2D eigenvalue weighted by atomic mass is 32.1. The standard InChI is InChI=1S/C12H15N3S/c1-8-5-4-6-10(7-8)11(13-3)12-9(2)14-15-16-12/h4-7,11,13H,1-3H3. The van der Waals surface area contributed by atoms with Gasteiger partial charge in [-0.15, -0.1) is 5.10 Å². The number of hydrogen-bond acceptors (Lipinski definition) is 4. The van der Waals surface area contributed by atoms with E-state index in [2.05, 4.69) is 46.1 Å². The van der Waals surface area contributed by atoms with Crippen LogP contribution in [0.2, 0.25) is 0 Å². The van der Waals surface area contributed by atoms with Crippen LogP contribution in [-0.4, -0.2) is 16.6 Å². The molecule has 1 unspecified atom stereocenters. The molecule has 1 aromatic carbocycles. The Morgan fingerprint density at radius 2 is 2.12 bits per heavy atom. The summed E-state index contributed by atoms with van der Waals surface area (Å²) in [5.41, 5.74) is 3.54. The Morgan fingerprint density at radius 3 is 2.69 bits per heavy atom. The van der Waals surface area contributed by atoms with Crippen LogP contribution in [0.15, 0.2) is 24.3 Å². The molecule has 0 bridgehead atoms. The van der Waals surface area contributed by atoms with Gasteiger partial charge in [0.15, 0.2) is 0 Å². The molecule has 0 saturated carbocycles. The number of nitrogens with zero attached hydrogens (tertiary/aromatic N) is 2. The van der Waals surface area contributed by atoms with Gasteiger partial charge in [0.25, 0.3) is 0 Å². The predicted octanol–water partition coefficient (Wildman–Crippen LogP) is 2.46. The minimum atomic E-state index is 0.194. The van der Waals surface area contributed by atoms with Crippen LogP contribution in [0.3, 0.4) is 0 Å². The normalized spacial score (nSPS) is 12.7. The third-order valence-electron chi connectivity index (χ3n) is 2.61. The molecule has 84 valence electrons. The molecule has 1 aromatic heterocycles. The molecule has 3 nitrogen and oxygen atoms in total. The van der Waals surface area contributed by atoms with Crippen molar-refractivity contribution in [2.45, 2.75) is 19.9 Å². The Labute approximate surface area is 99.7 Å². The van der Waals surface area contributed by atoms with E-state index in [9.17, 15) is 0 Å². The van der Waals surface area contributed by atoms with Crippen LogP contribution in [0.4, 0.5) is 0 Å². The molecule has 0 spiro atoms. The Bertz CT molecular complexity index is 479. The van der Waals surface area contributed by atoms with Crippen molar-refractivity contribution in [2.75, 3.05) is 7.05 Å². The van der Waals surface area contributed by atoms with Gasteiger partial charge in [-0.05, 0) is 38.0 Å². The summed E-state index contributed by atoms with van der Waals surface area (Å²) >= 11 is 1.46. The van der Waals surface area contributed by atoms with E-state index in [0.29, 0.717) is 0 Å². The maximum Gasteiger partial charge on any atom is 0.0776 e. The van der Waals surface area contributed by atoms with E-state index in [4.69, 9.17) is 0 Å². The lowest BCUT2D eigenvalue weighted by Gasteiger charge is -2.15. The fourth-order valence-electron chi connectivity index (χ4n) is 1.80. The van der Waals surface area contributed by atoms with Crippen LogP contribution in [0.25, 0.3) is 0 Å². The predicted molar refractivity (Wildman–Crippen MR) is 66.7 cm³/mol. The zero-order valence-electron chi connectivity index (χ0n) is 9.69. The van der Waals surface area contributed by atoms with Crippen LogP contribution in [-0.2, 0) is 0 Å². The SMILES string of the molecule is CNC(c1cccc(C)c1)c1snnc1C. The molecule has 1 heterocycles. The number of benzene rings is 1. The average Bonchev–Trinajstić information content (AvgIpc) is 2.67. The molecule has 4 heteroatoms. The van der Waals surface area contributed by atoms with E-state index < -0.39 is 0 Å². The molecular formula is C12H15N3S. The molecule has 1 atom stereocenters. The molecule has 0 amide bonds. The Kier molecular flexibility index (Phi) is 3.31. The number of nitrogens with one attached hydrogen (secondary N) is 1. The number of aryl methyl sites for hydroxylation is 2. The van der Waals surface area contributed by atoms with Crippen molar-refractivity contribution in [2.24, 2.45) is 0 Å². The second kappa shape index (κ2) is 4.72. The quantitative estimate of drug-likeness (QED) is 0.885. The van der Waals surface area contributed by atoms with Crippen LogP contribution < -0.4 is 5.32 Å². The van der Waals surface area contributed by atoms with Crippen molar-refractivity contribution in [3.63, 3.8) is 0 Å². The van der Waals surface area contributed by atoms with Crippen LogP contribution in [0.1, 0.15) is 27.7 Å². The number of aromatic nitrogens is 2. The zero-order valence-corrected chi connectivity index (χ0v) is 10.5. The fraction of sp³-hybridized carbons (Fsp3) is 0.333. The molecule has 0 aliphatic rings. The summed E-state index contributed by atoms with van der Waals surface area (Å²) in [6.07, 6.45) is 0. The van der Waals surface area contributed by atoms with Gasteiger partial charge in [0.1, 0.15) is 0 Å². The maximum absolute atomic E-state index is 4.06. The molecule has 2 aromatic rings. The zero-order chi connectivity index (χ0) is 11.5. The van der Waals surface area contributed by atoms with Gasteiger partial charge in [0.2, 0.25) is 0 Å². The van der Waals surface area contributed by atoms with Gasteiger partial charge in [-0.3, -0.25) is 0 Å². The molecule has 0 aliphatic heterocycles. The van der Waals surface area contributed by atoms with Crippen LogP contribution in [0.5, 0.6) is 0 Å². The minimum Gasteiger partial charge on any atom is -0.309 e. The molecular weight excluding hydrogens is 218 g/mol. The van der Waals surface area contributed by atoms with Crippen LogP contribution in [0, 0.1) is 13.8 Å². The van der Waals surface area contributed by atoms with Crippen molar-refractivity contribution < 1.29 is 0 Å². The second-order valence-corrected chi connectivity index (χ2v) is 4.64. The van der Waals surface area contributed by atoms with Crippen LogP contribution >= 0.6 is 11.5 Å². The minimum absolute atomic E-state index is 0.194. The monoisotopic (exact) mass is 233 g/mol. The van der Waals surface area contributed by atoms with E-state index in [-0.39, 0.29) is 6.04 Å². The number of rotatable bonds is 3. The summed E-state index contributed by atoms with van der Waals surface area (Å²) in [5, 5.41) is 7.38. The van der Waals surface area contributed by atoms with E-state index >= 15 is 0 Å². The Hall–Kier alpha value is -1.26. The van der Waals surface area contributed by atoms with Gasteiger partial charge < -0.3 is 5.32 Å².